The number of likely N-dealkylation sites (N-methyl/N-ethyl adjacent to an activating group) is 1. The molecular formula is C18H22Cl2F3N3O3S. The second-order valence-corrected chi connectivity index (χ2v) is 8.60. The number of ketones is 1. The van der Waals surface area contributed by atoms with Crippen LogP contribution in [-0.4, -0.2) is 66.9 Å². The Bertz CT molecular complexity index is 744. The number of rotatable bonds is 11. The third kappa shape index (κ3) is 10.5. The standard InChI is InChI=1S/C18H22Cl2F3N3O3S/c1-26(2)9-16(28)25-14(4-3-5-30-10-15(27)18(21,22)23)17(29)24-13-7-11(19)6-12(20)8-13/h6-8,14H,3-5,9-10H2,1-2H3,(H,24,29)(H,25,28)/t14-/m0/s1. The van der Waals surface area contributed by atoms with Gasteiger partial charge in [0.2, 0.25) is 17.6 Å². The van der Waals surface area contributed by atoms with Crippen molar-refractivity contribution in [3.8, 4) is 0 Å². The van der Waals surface area contributed by atoms with Crippen molar-refractivity contribution in [2.75, 3.05) is 37.5 Å². The summed E-state index contributed by atoms with van der Waals surface area (Å²) in [5, 5.41) is 5.86. The molecule has 0 saturated heterocycles. The zero-order chi connectivity index (χ0) is 22.9. The van der Waals surface area contributed by atoms with Crippen LogP contribution in [-0.2, 0) is 14.4 Å². The van der Waals surface area contributed by atoms with Crippen LogP contribution < -0.4 is 10.6 Å². The van der Waals surface area contributed by atoms with E-state index in [2.05, 4.69) is 10.6 Å². The molecule has 0 aromatic heterocycles. The van der Waals surface area contributed by atoms with E-state index in [1.807, 2.05) is 0 Å². The molecule has 0 fully saturated rings. The summed E-state index contributed by atoms with van der Waals surface area (Å²) in [4.78, 5) is 37.2. The van der Waals surface area contributed by atoms with Gasteiger partial charge < -0.3 is 15.5 Å². The molecule has 1 aromatic carbocycles. The van der Waals surface area contributed by atoms with Crippen LogP contribution in [0.1, 0.15) is 12.8 Å². The first-order valence-corrected chi connectivity index (χ1v) is 10.7. The van der Waals surface area contributed by atoms with Crippen molar-refractivity contribution in [3.05, 3.63) is 28.2 Å². The lowest BCUT2D eigenvalue weighted by Gasteiger charge is -2.20. The van der Waals surface area contributed by atoms with E-state index in [0.717, 1.165) is 11.8 Å². The molecule has 2 N–H and O–H groups in total. The van der Waals surface area contributed by atoms with E-state index >= 15 is 0 Å². The van der Waals surface area contributed by atoms with Gasteiger partial charge in [-0.25, -0.2) is 0 Å². The third-order valence-electron chi connectivity index (χ3n) is 3.57. The highest BCUT2D eigenvalue weighted by molar-refractivity contribution is 7.99. The third-order valence-corrected chi connectivity index (χ3v) is 5.05. The summed E-state index contributed by atoms with van der Waals surface area (Å²) in [7, 11) is 3.38. The fourth-order valence-electron chi connectivity index (χ4n) is 2.29. The molecule has 1 aromatic rings. The Hall–Kier alpha value is -1.49. The predicted molar refractivity (Wildman–Crippen MR) is 113 cm³/mol. The first-order valence-electron chi connectivity index (χ1n) is 8.77. The van der Waals surface area contributed by atoms with Crippen molar-refractivity contribution in [2.24, 2.45) is 0 Å². The Kier molecular flexibility index (Phi) is 11.0. The number of hydrogen-bond donors (Lipinski definition) is 2. The Labute approximate surface area is 186 Å². The quantitative estimate of drug-likeness (QED) is 0.466. The maximum absolute atomic E-state index is 12.6. The summed E-state index contributed by atoms with van der Waals surface area (Å²) in [6.45, 7) is 0.0572. The van der Waals surface area contributed by atoms with E-state index in [-0.39, 0.29) is 24.6 Å². The molecule has 0 spiro atoms. The molecule has 0 unspecified atom stereocenters. The molecule has 0 radical (unpaired) electrons. The van der Waals surface area contributed by atoms with Gasteiger partial charge in [-0.3, -0.25) is 14.4 Å². The monoisotopic (exact) mass is 487 g/mol. The zero-order valence-electron chi connectivity index (χ0n) is 16.3. The molecule has 0 aliphatic heterocycles. The van der Waals surface area contributed by atoms with E-state index < -0.39 is 29.7 Å². The van der Waals surface area contributed by atoms with E-state index in [4.69, 9.17) is 23.2 Å². The molecule has 1 rings (SSSR count). The number of hydrogen-bond acceptors (Lipinski definition) is 5. The predicted octanol–water partition coefficient (Wildman–Crippen LogP) is 3.62. The smallest absolute Gasteiger partial charge is 0.343 e. The molecule has 0 heterocycles. The number of Topliss-reactive ketones (excluding diaryl/α,β-unsaturated/α-hetero) is 1. The second kappa shape index (κ2) is 12.4. The van der Waals surface area contributed by atoms with Gasteiger partial charge in [0.1, 0.15) is 6.04 Å². The van der Waals surface area contributed by atoms with Gasteiger partial charge in [0.15, 0.2) is 0 Å². The molecule has 30 heavy (non-hydrogen) atoms. The van der Waals surface area contributed by atoms with Crippen LogP contribution in [0, 0.1) is 0 Å². The van der Waals surface area contributed by atoms with E-state index in [0.29, 0.717) is 22.2 Å². The molecule has 0 aliphatic rings. The number of nitrogens with one attached hydrogen (secondary N) is 2. The van der Waals surface area contributed by atoms with Crippen LogP contribution in [0.2, 0.25) is 10.0 Å². The van der Waals surface area contributed by atoms with Crippen molar-refractivity contribution in [1.82, 2.24) is 10.2 Å². The normalized spacial score (nSPS) is 12.5. The van der Waals surface area contributed by atoms with Crippen LogP contribution in [0.25, 0.3) is 0 Å². The minimum absolute atomic E-state index is 0.0572. The zero-order valence-corrected chi connectivity index (χ0v) is 18.6. The number of nitrogens with zero attached hydrogens (tertiary/aromatic N) is 1. The first-order chi connectivity index (χ1) is 13.9. The fourth-order valence-corrected chi connectivity index (χ4v) is 3.68. The lowest BCUT2D eigenvalue weighted by molar-refractivity contribution is -0.167. The number of carbonyl (C=O) groups excluding carboxylic acids is 3. The summed E-state index contributed by atoms with van der Waals surface area (Å²) < 4.78 is 36.7. The highest BCUT2D eigenvalue weighted by Gasteiger charge is 2.37. The molecular weight excluding hydrogens is 466 g/mol. The van der Waals surface area contributed by atoms with Crippen LogP contribution in [0.5, 0.6) is 0 Å². The largest absolute Gasteiger partial charge is 0.450 e. The van der Waals surface area contributed by atoms with Crippen LogP contribution >= 0.6 is 35.0 Å². The minimum Gasteiger partial charge on any atom is -0.343 e. The molecule has 1 atom stereocenters. The molecule has 0 saturated carbocycles. The van der Waals surface area contributed by atoms with Crippen molar-refractivity contribution in [1.29, 1.82) is 0 Å². The van der Waals surface area contributed by atoms with Gasteiger partial charge in [-0.2, -0.15) is 24.9 Å². The number of benzene rings is 1. The first kappa shape index (κ1) is 26.5. The highest BCUT2D eigenvalue weighted by atomic mass is 35.5. The van der Waals surface area contributed by atoms with Crippen LogP contribution in [0.15, 0.2) is 18.2 Å². The molecule has 2 amide bonds. The van der Waals surface area contributed by atoms with Gasteiger partial charge in [0.25, 0.3) is 0 Å². The summed E-state index contributed by atoms with van der Waals surface area (Å²) in [6.07, 6.45) is -4.37. The Morgan fingerprint density at radius 1 is 1.13 bits per heavy atom. The van der Waals surface area contributed by atoms with Gasteiger partial charge in [-0.05, 0) is 50.9 Å². The highest BCUT2D eigenvalue weighted by Crippen LogP contribution is 2.23. The maximum atomic E-state index is 12.6. The molecule has 168 valence electrons. The average molecular weight is 488 g/mol. The van der Waals surface area contributed by atoms with Crippen molar-refractivity contribution in [2.45, 2.75) is 25.1 Å². The Balaban J connectivity index is 2.68. The molecule has 6 nitrogen and oxygen atoms in total. The van der Waals surface area contributed by atoms with Crippen LogP contribution in [0.3, 0.4) is 0 Å². The number of halogens is 5. The Morgan fingerprint density at radius 3 is 2.27 bits per heavy atom. The number of thioether (sulfide) groups is 1. The van der Waals surface area contributed by atoms with Crippen molar-refractivity contribution >= 4 is 58.2 Å². The van der Waals surface area contributed by atoms with Crippen molar-refractivity contribution < 1.29 is 27.6 Å². The topological polar surface area (TPSA) is 78.5 Å². The van der Waals surface area contributed by atoms with Crippen molar-refractivity contribution in [3.63, 3.8) is 0 Å². The average Bonchev–Trinajstić information content (AvgIpc) is 2.57. The number of amides is 2. The van der Waals surface area contributed by atoms with Gasteiger partial charge >= 0.3 is 6.18 Å². The minimum atomic E-state index is -4.85. The lowest BCUT2D eigenvalue weighted by Crippen LogP contribution is -2.46. The molecule has 0 aliphatic carbocycles. The number of alkyl halides is 3. The van der Waals surface area contributed by atoms with Gasteiger partial charge in [-0.15, -0.1) is 0 Å². The second-order valence-electron chi connectivity index (χ2n) is 6.62. The van der Waals surface area contributed by atoms with E-state index in [9.17, 15) is 27.6 Å². The maximum Gasteiger partial charge on any atom is 0.450 e. The van der Waals surface area contributed by atoms with E-state index in [1.54, 1.807) is 19.0 Å². The Morgan fingerprint density at radius 2 is 1.73 bits per heavy atom. The molecule has 0 bridgehead atoms. The summed E-state index contributed by atoms with van der Waals surface area (Å²) in [6, 6.07) is 3.55. The SMILES string of the molecule is CN(C)CC(=O)N[C@@H](CCCSCC(=O)C(F)(F)F)C(=O)Nc1cc(Cl)cc(Cl)c1. The number of carbonyl (C=O) groups is 3. The summed E-state index contributed by atoms with van der Waals surface area (Å²) in [5.41, 5.74) is 0.342. The summed E-state index contributed by atoms with van der Waals surface area (Å²) in [5.74, 6) is -3.17. The van der Waals surface area contributed by atoms with Gasteiger partial charge in [-0.1, -0.05) is 23.2 Å². The van der Waals surface area contributed by atoms with Gasteiger partial charge in [0.05, 0.1) is 12.3 Å². The van der Waals surface area contributed by atoms with E-state index in [1.165, 1.54) is 18.2 Å². The van der Waals surface area contributed by atoms with Crippen LogP contribution in [0.4, 0.5) is 18.9 Å². The molecule has 12 heteroatoms. The van der Waals surface area contributed by atoms with Gasteiger partial charge in [0, 0.05) is 15.7 Å². The lowest BCUT2D eigenvalue weighted by atomic mass is 10.1. The summed E-state index contributed by atoms with van der Waals surface area (Å²) >= 11 is 12.6. The number of anilines is 1. The fraction of sp³-hybridized carbons (Fsp3) is 0.500.